The van der Waals surface area contributed by atoms with Crippen molar-refractivity contribution >= 4 is 17.9 Å². The van der Waals surface area contributed by atoms with Crippen molar-refractivity contribution in [1.29, 1.82) is 0 Å². The number of quaternary nitrogens is 1. The molecule has 0 radical (unpaired) electrons. The number of likely N-dealkylation sites (N-methyl/N-ethyl adjacent to an activating group) is 1. The van der Waals surface area contributed by atoms with Gasteiger partial charge in [0, 0.05) is 19.3 Å². The summed E-state index contributed by atoms with van der Waals surface area (Å²) in [5.41, 5.74) is 0. The molecule has 0 bridgehead atoms. The number of ether oxygens (including phenoxy) is 3. The maximum absolute atomic E-state index is 12.8. The van der Waals surface area contributed by atoms with Gasteiger partial charge in [-0.05, 0) is 38.5 Å². The Balaban J connectivity index is 4.22. The Kier molecular flexibility index (Phi) is 42.3. The number of carbonyl (C=O) groups excluding carboxylic acids is 2. The predicted molar refractivity (Wildman–Crippen MR) is 252 cm³/mol. The summed E-state index contributed by atoms with van der Waals surface area (Å²) in [6.45, 7) is 4.78. The van der Waals surface area contributed by atoms with Gasteiger partial charge in [-0.25, -0.2) is 4.79 Å². The highest BCUT2D eigenvalue weighted by molar-refractivity contribution is 5.72. The third kappa shape index (κ3) is 41.4. The van der Waals surface area contributed by atoms with Crippen molar-refractivity contribution in [3.8, 4) is 0 Å². The molecule has 0 amide bonds. The number of carboxylic acids is 1. The first-order valence-corrected chi connectivity index (χ1v) is 25.7. The summed E-state index contributed by atoms with van der Waals surface area (Å²) < 4.78 is 17.4. The van der Waals surface area contributed by atoms with E-state index in [1.165, 1.54) is 180 Å². The first-order valence-electron chi connectivity index (χ1n) is 25.7. The number of rotatable bonds is 47. The van der Waals surface area contributed by atoms with E-state index in [1.807, 2.05) is 21.1 Å². The van der Waals surface area contributed by atoms with Crippen molar-refractivity contribution in [3.05, 3.63) is 12.2 Å². The fraction of sp³-hybridized carbons (Fsp3) is 0.904. The molecule has 0 aliphatic rings. The molecule has 0 fully saturated rings. The zero-order valence-corrected chi connectivity index (χ0v) is 40.4. The number of unbranched alkanes of at least 4 members (excludes halogenated alkanes) is 31. The minimum Gasteiger partial charge on any atom is -0.477 e. The quantitative estimate of drug-likeness (QED) is 0.0282. The van der Waals surface area contributed by atoms with Crippen molar-refractivity contribution in [2.45, 2.75) is 264 Å². The Labute approximate surface area is 371 Å². The number of hydrogen-bond acceptors (Lipinski definition) is 6. The molecule has 354 valence electrons. The molecule has 8 nitrogen and oxygen atoms in total. The monoisotopic (exact) mass is 851 g/mol. The zero-order chi connectivity index (χ0) is 44.2. The Morgan fingerprint density at radius 2 is 0.833 bits per heavy atom. The SMILES string of the molecule is CCCCCCCCCC/C=C/CCCCCCCCCC(=O)OCC(COCCC(C(=O)O)[N+](C)(C)C)OC(=O)CCCCCCCCCCCCCCCCCCC. The summed E-state index contributed by atoms with van der Waals surface area (Å²) in [6.07, 6.45) is 48.3. The van der Waals surface area contributed by atoms with Crippen LogP contribution in [0.5, 0.6) is 0 Å². The number of carboxylic acid groups (broad SMARTS) is 1. The van der Waals surface area contributed by atoms with Crippen molar-refractivity contribution in [1.82, 2.24) is 0 Å². The van der Waals surface area contributed by atoms with E-state index in [9.17, 15) is 19.5 Å². The molecule has 0 heterocycles. The van der Waals surface area contributed by atoms with E-state index in [1.54, 1.807) is 0 Å². The molecule has 8 heteroatoms. The minimum absolute atomic E-state index is 0.0467. The Morgan fingerprint density at radius 3 is 1.20 bits per heavy atom. The highest BCUT2D eigenvalue weighted by atomic mass is 16.6. The van der Waals surface area contributed by atoms with Crippen molar-refractivity contribution in [2.24, 2.45) is 0 Å². The Morgan fingerprint density at radius 1 is 0.483 bits per heavy atom. The van der Waals surface area contributed by atoms with E-state index in [-0.39, 0.29) is 36.2 Å². The lowest BCUT2D eigenvalue weighted by Gasteiger charge is -2.31. The fourth-order valence-corrected chi connectivity index (χ4v) is 7.91. The molecule has 1 N–H and O–H groups in total. The van der Waals surface area contributed by atoms with Crippen LogP contribution in [0.25, 0.3) is 0 Å². The molecule has 60 heavy (non-hydrogen) atoms. The summed E-state index contributed by atoms with van der Waals surface area (Å²) in [4.78, 5) is 37.1. The molecule has 0 aliphatic carbocycles. The van der Waals surface area contributed by atoms with Gasteiger partial charge in [-0.3, -0.25) is 9.59 Å². The van der Waals surface area contributed by atoms with E-state index in [0.29, 0.717) is 19.3 Å². The van der Waals surface area contributed by atoms with Crippen molar-refractivity contribution in [2.75, 3.05) is 41.0 Å². The lowest BCUT2D eigenvalue weighted by atomic mass is 10.0. The first kappa shape index (κ1) is 58.1. The van der Waals surface area contributed by atoms with Crippen LogP contribution in [0.3, 0.4) is 0 Å². The summed E-state index contributed by atoms with van der Waals surface area (Å²) >= 11 is 0. The first-order chi connectivity index (χ1) is 29.1. The van der Waals surface area contributed by atoms with Crippen LogP contribution >= 0.6 is 0 Å². The highest BCUT2D eigenvalue weighted by Gasteiger charge is 2.31. The predicted octanol–water partition coefficient (Wildman–Crippen LogP) is 14.6. The second-order valence-electron chi connectivity index (χ2n) is 18.8. The molecule has 0 aromatic heterocycles. The summed E-state index contributed by atoms with van der Waals surface area (Å²) in [7, 11) is 5.54. The molecule has 2 atom stereocenters. The van der Waals surface area contributed by atoms with Gasteiger partial charge in [0.1, 0.15) is 6.61 Å². The van der Waals surface area contributed by atoms with E-state index < -0.39 is 18.1 Å². The number of carbonyl (C=O) groups is 3. The van der Waals surface area contributed by atoms with Crippen LogP contribution in [0.1, 0.15) is 251 Å². The molecule has 0 aromatic rings. The maximum atomic E-state index is 12.8. The molecule has 2 unspecified atom stereocenters. The van der Waals surface area contributed by atoms with Gasteiger partial charge in [-0.1, -0.05) is 206 Å². The standard InChI is InChI=1S/C52H99NO7/c1-6-8-10-12-14-16-18-20-22-24-25-27-28-30-32-34-36-38-40-42-50(54)59-47-48(46-58-45-44-49(52(56)57)53(3,4)5)60-51(55)43-41-39-37-35-33-31-29-26-23-21-19-17-15-13-11-9-7-2/h24-25,48-49H,6-23,26-47H2,1-5H3/p+1/b25-24+. The van der Waals surface area contributed by atoms with Gasteiger partial charge in [0.2, 0.25) is 0 Å². The van der Waals surface area contributed by atoms with Gasteiger partial charge in [-0.15, -0.1) is 0 Å². The lowest BCUT2D eigenvalue weighted by Crippen LogP contribution is -2.50. The smallest absolute Gasteiger partial charge is 0.362 e. The molecule has 0 spiro atoms. The summed E-state index contributed by atoms with van der Waals surface area (Å²) in [5, 5.41) is 9.65. The van der Waals surface area contributed by atoms with E-state index in [4.69, 9.17) is 14.2 Å². The van der Waals surface area contributed by atoms with Gasteiger partial charge in [0.25, 0.3) is 0 Å². The van der Waals surface area contributed by atoms with Crippen LogP contribution in [-0.4, -0.2) is 80.6 Å². The number of nitrogens with zero attached hydrogens (tertiary/aromatic N) is 1. The van der Waals surface area contributed by atoms with E-state index >= 15 is 0 Å². The molecular formula is C52H100NO7+. The second kappa shape index (κ2) is 43.7. The van der Waals surface area contributed by atoms with Gasteiger partial charge in [-0.2, -0.15) is 0 Å². The van der Waals surface area contributed by atoms with Gasteiger partial charge in [0.05, 0.1) is 34.4 Å². The second-order valence-corrected chi connectivity index (χ2v) is 18.8. The van der Waals surface area contributed by atoms with Crippen molar-refractivity contribution in [3.63, 3.8) is 0 Å². The van der Waals surface area contributed by atoms with Crippen LogP contribution < -0.4 is 0 Å². The van der Waals surface area contributed by atoms with Crippen molar-refractivity contribution < 1.29 is 38.2 Å². The minimum atomic E-state index is -0.871. The average molecular weight is 851 g/mol. The zero-order valence-electron chi connectivity index (χ0n) is 40.4. The number of allylic oxidation sites excluding steroid dienone is 2. The van der Waals surface area contributed by atoms with Crippen LogP contribution in [0.4, 0.5) is 0 Å². The average Bonchev–Trinajstić information content (AvgIpc) is 3.21. The maximum Gasteiger partial charge on any atom is 0.362 e. The molecule has 0 aliphatic heterocycles. The molecule has 0 saturated heterocycles. The van der Waals surface area contributed by atoms with Crippen LogP contribution in [0.15, 0.2) is 12.2 Å². The number of hydrogen-bond donors (Lipinski definition) is 1. The molecule has 0 rings (SSSR count). The topological polar surface area (TPSA) is 99.1 Å². The van der Waals surface area contributed by atoms with Crippen LogP contribution in [0.2, 0.25) is 0 Å². The molecule has 0 aromatic carbocycles. The van der Waals surface area contributed by atoms with Crippen LogP contribution in [0, 0.1) is 0 Å². The molecular weight excluding hydrogens is 751 g/mol. The Bertz CT molecular complexity index is 993. The highest BCUT2D eigenvalue weighted by Crippen LogP contribution is 2.16. The number of aliphatic carboxylic acids is 1. The van der Waals surface area contributed by atoms with Crippen LogP contribution in [-0.2, 0) is 28.6 Å². The summed E-state index contributed by atoms with van der Waals surface area (Å²) in [5.74, 6) is -1.45. The largest absolute Gasteiger partial charge is 0.477 e. The molecule has 0 saturated carbocycles. The van der Waals surface area contributed by atoms with E-state index in [2.05, 4.69) is 26.0 Å². The van der Waals surface area contributed by atoms with Gasteiger partial charge < -0.3 is 23.8 Å². The van der Waals surface area contributed by atoms with E-state index in [0.717, 1.165) is 38.5 Å². The fourth-order valence-electron chi connectivity index (χ4n) is 7.91. The third-order valence-electron chi connectivity index (χ3n) is 11.9. The van der Waals surface area contributed by atoms with Gasteiger partial charge in [0.15, 0.2) is 12.1 Å². The third-order valence-corrected chi connectivity index (χ3v) is 11.9. The summed E-state index contributed by atoms with van der Waals surface area (Å²) in [6, 6.07) is -0.611. The Hall–Kier alpha value is -1.93. The number of esters is 2. The van der Waals surface area contributed by atoms with Gasteiger partial charge >= 0.3 is 17.9 Å². The lowest BCUT2D eigenvalue weighted by molar-refractivity contribution is -0.887. The normalized spacial score (nSPS) is 12.9.